The Bertz CT molecular complexity index is 912. The van der Waals surface area contributed by atoms with Crippen molar-refractivity contribution in [2.75, 3.05) is 40.0 Å². The average molecular weight is 458 g/mol. The highest BCUT2D eigenvalue weighted by molar-refractivity contribution is 9.10. The third-order valence-corrected chi connectivity index (χ3v) is 5.76. The Labute approximate surface area is 179 Å². The van der Waals surface area contributed by atoms with Crippen LogP contribution in [0.15, 0.2) is 58.1 Å². The van der Waals surface area contributed by atoms with Crippen molar-refractivity contribution >= 4 is 27.5 Å². The van der Waals surface area contributed by atoms with Crippen LogP contribution in [-0.2, 0) is 9.53 Å². The maximum atomic E-state index is 13.2. The minimum atomic E-state index is -0.146. The first kappa shape index (κ1) is 20.1. The summed E-state index contributed by atoms with van der Waals surface area (Å²) in [6.45, 7) is 3.22. The Morgan fingerprint density at radius 2 is 2.00 bits per heavy atom. The van der Waals surface area contributed by atoms with Crippen LogP contribution in [0.2, 0.25) is 0 Å². The van der Waals surface area contributed by atoms with Crippen molar-refractivity contribution in [2.24, 2.45) is 5.10 Å². The first-order valence-electron chi connectivity index (χ1n) is 9.73. The smallest absolute Gasteiger partial charge is 0.257 e. The molecule has 0 N–H and O–H groups in total. The van der Waals surface area contributed by atoms with E-state index in [-0.39, 0.29) is 11.9 Å². The highest BCUT2D eigenvalue weighted by Gasteiger charge is 2.34. The molecule has 1 amide bonds. The van der Waals surface area contributed by atoms with Gasteiger partial charge in [-0.15, -0.1) is 0 Å². The first-order chi connectivity index (χ1) is 14.1. The van der Waals surface area contributed by atoms with Crippen molar-refractivity contribution in [3.8, 4) is 5.75 Å². The number of ether oxygens (including phenoxy) is 2. The fourth-order valence-corrected chi connectivity index (χ4v) is 4.11. The van der Waals surface area contributed by atoms with Gasteiger partial charge in [-0.05, 0) is 35.4 Å². The van der Waals surface area contributed by atoms with Gasteiger partial charge in [0.15, 0.2) is 0 Å². The highest BCUT2D eigenvalue weighted by Crippen LogP contribution is 2.34. The van der Waals surface area contributed by atoms with E-state index < -0.39 is 0 Å². The standard InChI is InChI=1S/C22H24BrN3O3/c1-28-19-7-3-5-17(13-19)21-14-20(16-4-2-6-18(23)12-16)24-26(21)22(27)15-25-8-10-29-11-9-25/h2-7,12-13,21H,8-11,14-15H2,1H3. The Morgan fingerprint density at radius 1 is 1.21 bits per heavy atom. The Hall–Kier alpha value is -2.22. The fraction of sp³-hybridized carbons (Fsp3) is 0.364. The monoisotopic (exact) mass is 457 g/mol. The maximum absolute atomic E-state index is 13.2. The minimum absolute atomic E-state index is 0.00437. The molecule has 0 saturated carbocycles. The molecular formula is C22H24BrN3O3. The molecule has 0 spiro atoms. The molecule has 2 aliphatic heterocycles. The second-order valence-electron chi connectivity index (χ2n) is 7.18. The van der Waals surface area contributed by atoms with Gasteiger partial charge in [-0.3, -0.25) is 9.69 Å². The predicted octanol–water partition coefficient (Wildman–Crippen LogP) is 3.47. The van der Waals surface area contributed by atoms with Crippen LogP contribution in [0.3, 0.4) is 0 Å². The van der Waals surface area contributed by atoms with E-state index in [0.717, 1.165) is 40.2 Å². The molecule has 152 valence electrons. The largest absolute Gasteiger partial charge is 0.497 e. The molecule has 2 aliphatic rings. The number of carbonyl (C=O) groups excluding carboxylic acids is 1. The van der Waals surface area contributed by atoms with Gasteiger partial charge < -0.3 is 9.47 Å². The summed E-state index contributed by atoms with van der Waals surface area (Å²) in [7, 11) is 1.65. The van der Waals surface area contributed by atoms with E-state index in [2.05, 4.69) is 20.8 Å². The molecule has 0 aromatic heterocycles. The van der Waals surface area contributed by atoms with Crippen molar-refractivity contribution in [3.63, 3.8) is 0 Å². The lowest BCUT2D eigenvalue weighted by Crippen LogP contribution is -2.43. The molecule has 1 saturated heterocycles. The SMILES string of the molecule is COc1cccc(C2CC(c3cccc(Br)c3)=NN2C(=O)CN2CCOCC2)c1. The van der Waals surface area contributed by atoms with E-state index in [0.29, 0.717) is 26.2 Å². The zero-order valence-electron chi connectivity index (χ0n) is 16.4. The summed E-state index contributed by atoms with van der Waals surface area (Å²) in [6.07, 6.45) is 0.665. The summed E-state index contributed by atoms with van der Waals surface area (Å²) in [5.74, 6) is 0.781. The van der Waals surface area contributed by atoms with Crippen LogP contribution in [0.4, 0.5) is 0 Å². The van der Waals surface area contributed by atoms with Crippen molar-refractivity contribution in [3.05, 3.63) is 64.1 Å². The number of carbonyl (C=O) groups is 1. The molecule has 2 aromatic rings. The number of methoxy groups -OCH3 is 1. The zero-order valence-corrected chi connectivity index (χ0v) is 18.0. The number of rotatable bonds is 5. The maximum Gasteiger partial charge on any atom is 0.257 e. The third-order valence-electron chi connectivity index (χ3n) is 5.26. The van der Waals surface area contributed by atoms with E-state index in [1.54, 1.807) is 12.1 Å². The summed E-state index contributed by atoms with van der Waals surface area (Å²) >= 11 is 3.53. The average Bonchev–Trinajstić information content (AvgIpc) is 3.20. The minimum Gasteiger partial charge on any atom is -0.497 e. The molecule has 4 rings (SSSR count). The van der Waals surface area contributed by atoms with Gasteiger partial charge in [0.05, 0.1) is 38.6 Å². The lowest BCUT2D eigenvalue weighted by molar-refractivity contribution is -0.135. The molecule has 1 atom stereocenters. The van der Waals surface area contributed by atoms with Gasteiger partial charge in [-0.1, -0.05) is 40.2 Å². The van der Waals surface area contributed by atoms with E-state index in [1.165, 1.54) is 0 Å². The van der Waals surface area contributed by atoms with E-state index in [4.69, 9.17) is 14.6 Å². The van der Waals surface area contributed by atoms with E-state index in [1.807, 2.05) is 48.5 Å². The normalized spacial score (nSPS) is 19.9. The predicted molar refractivity (Wildman–Crippen MR) is 115 cm³/mol. The van der Waals surface area contributed by atoms with Crippen LogP contribution in [0.1, 0.15) is 23.6 Å². The molecule has 2 aromatic carbocycles. The molecule has 7 heteroatoms. The van der Waals surface area contributed by atoms with Crippen LogP contribution >= 0.6 is 15.9 Å². The van der Waals surface area contributed by atoms with Crippen molar-refractivity contribution in [1.29, 1.82) is 0 Å². The lowest BCUT2D eigenvalue weighted by atomic mass is 9.98. The molecule has 1 unspecified atom stereocenters. The van der Waals surface area contributed by atoms with Gasteiger partial charge in [0, 0.05) is 24.0 Å². The number of halogens is 1. The Kier molecular flexibility index (Phi) is 6.28. The fourth-order valence-electron chi connectivity index (χ4n) is 3.71. The first-order valence-corrected chi connectivity index (χ1v) is 10.5. The molecule has 1 fully saturated rings. The van der Waals surface area contributed by atoms with E-state index in [9.17, 15) is 4.79 Å². The van der Waals surface area contributed by atoms with Gasteiger partial charge in [0.1, 0.15) is 5.75 Å². The second-order valence-corrected chi connectivity index (χ2v) is 8.10. The Balaban J connectivity index is 1.62. The number of morpholine rings is 1. The summed E-state index contributed by atoms with van der Waals surface area (Å²) in [6, 6.07) is 15.8. The van der Waals surface area contributed by atoms with Crippen LogP contribution in [0, 0.1) is 0 Å². The quantitative estimate of drug-likeness (QED) is 0.689. The number of amides is 1. The molecule has 29 heavy (non-hydrogen) atoms. The number of hydrogen-bond acceptors (Lipinski definition) is 5. The topological polar surface area (TPSA) is 54.4 Å². The van der Waals surface area contributed by atoms with E-state index >= 15 is 0 Å². The van der Waals surface area contributed by atoms with Crippen LogP contribution in [0.5, 0.6) is 5.75 Å². The van der Waals surface area contributed by atoms with Gasteiger partial charge in [-0.25, -0.2) is 5.01 Å². The molecular weight excluding hydrogens is 434 g/mol. The lowest BCUT2D eigenvalue weighted by Gasteiger charge is -2.29. The number of hydrazone groups is 1. The van der Waals surface area contributed by atoms with Gasteiger partial charge >= 0.3 is 0 Å². The highest BCUT2D eigenvalue weighted by atomic mass is 79.9. The number of hydrogen-bond donors (Lipinski definition) is 0. The van der Waals surface area contributed by atoms with Gasteiger partial charge in [0.25, 0.3) is 5.91 Å². The van der Waals surface area contributed by atoms with Crippen molar-refractivity contribution < 1.29 is 14.3 Å². The summed E-state index contributed by atoms with van der Waals surface area (Å²) in [4.78, 5) is 15.3. The van der Waals surface area contributed by atoms with Gasteiger partial charge in [-0.2, -0.15) is 5.10 Å². The summed E-state index contributed by atoms with van der Waals surface area (Å²) in [5.41, 5.74) is 2.96. The molecule has 6 nitrogen and oxygen atoms in total. The third kappa shape index (κ3) is 4.69. The molecule has 0 radical (unpaired) electrons. The van der Waals surface area contributed by atoms with Crippen LogP contribution in [0.25, 0.3) is 0 Å². The number of nitrogens with zero attached hydrogens (tertiary/aromatic N) is 3. The Morgan fingerprint density at radius 3 is 2.76 bits per heavy atom. The van der Waals surface area contributed by atoms with Crippen molar-refractivity contribution in [2.45, 2.75) is 12.5 Å². The number of benzene rings is 2. The second kappa shape index (κ2) is 9.07. The van der Waals surface area contributed by atoms with Gasteiger partial charge in [0.2, 0.25) is 0 Å². The summed E-state index contributed by atoms with van der Waals surface area (Å²) in [5, 5.41) is 6.41. The zero-order chi connectivity index (χ0) is 20.2. The van der Waals surface area contributed by atoms with Crippen molar-refractivity contribution in [1.82, 2.24) is 9.91 Å². The molecule has 2 heterocycles. The molecule has 0 bridgehead atoms. The van der Waals surface area contributed by atoms with Crippen LogP contribution in [-0.4, -0.2) is 61.5 Å². The van der Waals surface area contributed by atoms with Crippen LogP contribution < -0.4 is 4.74 Å². The molecule has 0 aliphatic carbocycles. The summed E-state index contributed by atoms with van der Waals surface area (Å²) < 4.78 is 11.8.